The van der Waals surface area contributed by atoms with Gasteiger partial charge >= 0.3 is 0 Å². The van der Waals surface area contributed by atoms with Gasteiger partial charge in [0, 0.05) is 42.6 Å². The van der Waals surface area contributed by atoms with Crippen LogP contribution in [-0.2, 0) is 5.41 Å². The number of nitrogens with zero attached hydrogens (tertiary/aromatic N) is 1. The Morgan fingerprint density at radius 3 is 2.35 bits per heavy atom. The normalized spacial score (nSPS) is 18.3. The van der Waals surface area contributed by atoms with Crippen molar-refractivity contribution in [2.75, 3.05) is 32.7 Å². The maximum absolute atomic E-state index is 3.49. The van der Waals surface area contributed by atoms with Crippen LogP contribution in [0.5, 0.6) is 0 Å². The minimum absolute atomic E-state index is 0.220. The molecule has 1 aromatic rings. The highest BCUT2D eigenvalue weighted by molar-refractivity contribution is 9.10. The van der Waals surface area contributed by atoms with Gasteiger partial charge < -0.3 is 5.32 Å². The summed E-state index contributed by atoms with van der Waals surface area (Å²) in [4.78, 5) is 2.55. The summed E-state index contributed by atoms with van der Waals surface area (Å²) >= 11 is 3.49. The highest BCUT2D eigenvalue weighted by Gasteiger charge is 2.24. The van der Waals surface area contributed by atoms with Crippen LogP contribution in [-0.4, -0.2) is 37.6 Å². The Balaban J connectivity index is 2.04. The van der Waals surface area contributed by atoms with Gasteiger partial charge in [0.25, 0.3) is 0 Å². The van der Waals surface area contributed by atoms with Crippen molar-refractivity contribution in [1.29, 1.82) is 0 Å². The Labute approximate surface area is 113 Å². The number of hydrogen-bond donors (Lipinski definition) is 1. The van der Waals surface area contributed by atoms with E-state index in [9.17, 15) is 0 Å². The molecule has 1 aromatic carbocycles. The van der Waals surface area contributed by atoms with E-state index in [-0.39, 0.29) is 5.41 Å². The minimum Gasteiger partial charge on any atom is -0.314 e. The fourth-order valence-electron chi connectivity index (χ4n) is 2.42. The molecular formula is C14H21BrN2. The first-order valence-corrected chi connectivity index (χ1v) is 7.06. The van der Waals surface area contributed by atoms with Crippen LogP contribution in [0.1, 0.15) is 19.4 Å². The number of hydrogen-bond acceptors (Lipinski definition) is 2. The second kappa shape index (κ2) is 5.51. The van der Waals surface area contributed by atoms with Gasteiger partial charge in [0.2, 0.25) is 0 Å². The lowest BCUT2D eigenvalue weighted by molar-refractivity contribution is 0.200. The second-order valence-corrected chi connectivity index (χ2v) is 6.33. The fraction of sp³-hybridized carbons (Fsp3) is 0.571. The van der Waals surface area contributed by atoms with Crippen LogP contribution in [0.25, 0.3) is 0 Å². The summed E-state index contributed by atoms with van der Waals surface area (Å²) in [5.74, 6) is 0. The maximum Gasteiger partial charge on any atom is 0.0175 e. The van der Waals surface area contributed by atoms with E-state index in [0.29, 0.717) is 0 Å². The predicted molar refractivity (Wildman–Crippen MR) is 76.5 cm³/mol. The summed E-state index contributed by atoms with van der Waals surface area (Å²) in [6.45, 7) is 10.4. The van der Waals surface area contributed by atoms with Gasteiger partial charge in [-0.1, -0.05) is 41.9 Å². The van der Waals surface area contributed by atoms with Gasteiger partial charge in [-0.05, 0) is 17.7 Å². The monoisotopic (exact) mass is 296 g/mol. The smallest absolute Gasteiger partial charge is 0.0175 e. The molecule has 1 aliphatic rings. The molecule has 1 aliphatic heterocycles. The summed E-state index contributed by atoms with van der Waals surface area (Å²) in [7, 11) is 0. The van der Waals surface area contributed by atoms with E-state index in [2.05, 4.69) is 64.3 Å². The van der Waals surface area contributed by atoms with Gasteiger partial charge in [0.05, 0.1) is 0 Å². The van der Waals surface area contributed by atoms with Crippen LogP contribution in [0, 0.1) is 0 Å². The van der Waals surface area contributed by atoms with Crippen molar-refractivity contribution in [3.63, 3.8) is 0 Å². The van der Waals surface area contributed by atoms with E-state index in [1.54, 1.807) is 0 Å². The number of nitrogens with one attached hydrogen (secondary N) is 1. The first kappa shape index (κ1) is 13.1. The zero-order valence-electron chi connectivity index (χ0n) is 10.7. The lowest BCUT2D eigenvalue weighted by atomic mass is 9.84. The molecule has 94 valence electrons. The van der Waals surface area contributed by atoms with E-state index in [1.807, 2.05) is 0 Å². The van der Waals surface area contributed by atoms with Gasteiger partial charge in [-0.2, -0.15) is 0 Å². The molecule has 1 fully saturated rings. The average Bonchev–Trinajstić information content (AvgIpc) is 2.30. The molecule has 0 aromatic heterocycles. The lowest BCUT2D eigenvalue weighted by Crippen LogP contribution is -2.47. The summed E-state index contributed by atoms with van der Waals surface area (Å²) in [5.41, 5.74) is 1.64. The average molecular weight is 297 g/mol. The fourth-order valence-corrected chi connectivity index (χ4v) is 2.68. The molecule has 0 spiro atoms. The van der Waals surface area contributed by atoms with Crippen molar-refractivity contribution in [2.24, 2.45) is 0 Å². The molecule has 0 unspecified atom stereocenters. The predicted octanol–water partition coefficient (Wildman–Crippen LogP) is 2.63. The Morgan fingerprint density at radius 2 is 1.76 bits per heavy atom. The summed E-state index contributed by atoms with van der Waals surface area (Å²) in [6, 6.07) is 8.72. The largest absolute Gasteiger partial charge is 0.314 e. The number of benzene rings is 1. The molecule has 0 radical (unpaired) electrons. The molecule has 0 aliphatic carbocycles. The van der Waals surface area contributed by atoms with E-state index in [0.717, 1.165) is 24.1 Å². The lowest BCUT2D eigenvalue weighted by Gasteiger charge is -2.35. The van der Waals surface area contributed by atoms with Crippen LogP contribution in [0.3, 0.4) is 0 Å². The van der Waals surface area contributed by atoms with Crippen molar-refractivity contribution < 1.29 is 0 Å². The van der Waals surface area contributed by atoms with Gasteiger partial charge in [-0.25, -0.2) is 0 Å². The third kappa shape index (κ3) is 3.54. The molecule has 0 bridgehead atoms. The summed E-state index contributed by atoms with van der Waals surface area (Å²) in [6.07, 6.45) is 0. The minimum atomic E-state index is 0.220. The third-order valence-electron chi connectivity index (χ3n) is 3.45. The van der Waals surface area contributed by atoms with E-state index >= 15 is 0 Å². The standard InChI is InChI=1S/C14H21BrN2/c1-14(2,11-17-9-7-16-8-10-17)12-3-5-13(15)6-4-12/h3-6,16H,7-11H2,1-2H3. The molecule has 0 saturated carbocycles. The van der Waals surface area contributed by atoms with Gasteiger partial charge in [-0.3, -0.25) is 4.90 Å². The van der Waals surface area contributed by atoms with Gasteiger partial charge in [0.15, 0.2) is 0 Å². The van der Waals surface area contributed by atoms with Crippen molar-refractivity contribution in [3.05, 3.63) is 34.3 Å². The molecule has 1 saturated heterocycles. The maximum atomic E-state index is 3.49. The zero-order valence-corrected chi connectivity index (χ0v) is 12.3. The van der Waals surface area contributed by atoms with Crippen LogP contribution < -0.4 is 5.32 Å². The molecule has 0 atom stereocenters. The number of halogens is 1. The molecule has 1 N–H and O–H groups in total. The first-order chi connectivity index (χ1) is 8.08. The van der Waals surface area contributed by atoms with E-state index < -0.39 is 0 Å². The summed E-state index contributed by atoms with van der Waals surface area (Å²) < 4.78 is 1.15. The van der Waals surface area contributed by atoms with Crippen molar-refractivity contribution >= 4 is 15.9 Å². The molecule has 0 amide bonds. The highest BCUT2D eigenvalue weighted by Crippen LogP contribution is 2.25. The Bertz CT molecular complexity index is 353. The van der Waals surface area contributed by atoms with Crippen LogP contribution >= 0.6 is 15.9 Å². The number of piperazine rings is 1. The van der Waals surface area contributed by atoms with Crippen molar-refractivity contribution in [2.45, 2.75) is 19.3 Å². The van der Waals surface area contributed by atoms with Crippen molar-refractivity contribution in [3.8, 4) is 0 Å². The molecule has 2 rings (SSSR count). The highest BCUT2D eigenvalue weighted by atomic mass is 79.9. The van der Waals surface area contributed by atoms with Crippen LogP contribution in [0.2, 0.25) is 0 Å². The Kier molecular flexibility index (Phi) is 4.23. The molecular weight excluding hydrogens is 276 g/mol. The zero-order chi connectivity index (χ0) is 12.3. The summed E-state index contributed by atoms with van der Waals surface area (Å²) in [5, 5.41) is 3.40. The first-order valence-electron chi connectivity index (χ1n) is 6.27. The van der Waals surface area contributed by atoms with Crippen LogP contribution in [0.15, 0.2) is 28.7 Å². The van der Waals surface area contributed by atoms with E-state index in [4.69, 9.17) is 0 Å². The quantitative estimate of drug-likeness (QED) is 0.922. The molecule has 3 heteroatoms. The van der Waals surface area contributed by atoms with Gasteiger partial charge in [0.1, 0.15) is 0 Å². The van der Waals surface area contributed by atoms with Crippen molar-refractivity contribution in [1.82, 2.24) is 10.2 Å². The molecule has 2 nitrogen and oxygen atoms in total. The Hall–Kier alpha value is -0.380. The second-order valence-electron chi connectivity index (χ2n) is 5.42. The third-order valence-corrected chi connectivity index (χ3v) is 3.98. The Morgan fingerprint density at radius 1 is 1.18 bits per heavy atom. The molecule has 1 heterocycles. The van der Waals surface area contributed by atoms with Gasteiger partial charge in [-0.15, -0.1) is 0 Å². The van der Waals surface area contributed by atoms with E-state index in [1.165, 1.54) is 18.7 Å². The SMILES string of the molecule is CC(C)(CN1CCNCC1)c1ccc(Br)cc1. The number of rotatable bonds is 3. The molecule has 17 heavy (non-hydrogen) atoms. The topological polar surface area (TPSA) is 15.3 Å². The van der Waals surface area contributed by atoms with Crippen LogP contribution in [0.4, 0.5) is 0 Å².